The van der Waals surface area contributed by atoms with Crippen LogP contribution in [0.15, 0.2) is 29.2 Å². The van der Waals surface area contributed by atoms with E-state index in [1.54, 1.807) is 7.05 Å². The standard InChI is InChI=1S/C11H14F3NO2S/c1-15-6-3-7-18(16,17)10-5-2-4-9(8-10)11(12,13)14/h2,4-5,8,15H,3,6-7H2,1H3. The second-order valence-electron chi connectivity index (χ2n) is 3.80. The van der Waals surface area contributed by atoms with Crippen molar-refractivity contribution in [3.05, 3.63) is 29.8 Å². The third kappa shape index (κ3) is 3.99. The van der Waals surface area contributed by atoms with E-state index in [0.29, 0.717) is 19.0 Å². The maximum atomic E-state index is 12.5. The molecule has 0 heterocycles. The SMILES string of the molecule is CNCCCS(=O)(=O)c1cccc(C(F)(F)F)c1. The van der Waals surface area contributed by atoms with Gasteiger partial charge >= 0.3 is 6.18 Å². The van der Waals surface area contributed by atoms with Crippen LogP contribution >= 0.6 is 0 Å². The molecule has 3 nitrogen and oxygen atoms in total. The number of alkyl halides is 3. The Balaban J connectivity index is 2.96. The van der Waals surface area contributed by atoms with Crippen molar-refractivity contribution < 1.29 is 21.6 Å². The van der Waals surface area contributed by atoms with Crippen molar-refractivity contribution in [1.29, 1.82) is 0 Å². The first-order valence-electron chi connectivity index (χ1n) is 5.32. The fourth-order valence-electron chi connectivity index (χ4n) is 1.42. The van der Waals surface area contributed by atoms with E-state index in [9.17, 15) is 21.6 Å². The second-order valence-corrected chi connectivity index (χ2v) is 5.91. The molecule has 102 valence electrons. The van der Waals surface area contributed by atoms with Crippen LogP contribution in [0.4, 0.5) is 13.2 Å². The minimum atomic E-state index is -4.53. The highest BCUT2D eigenvalue weighted by Crippen LogP contribution is 2.30. The summed E-state index contributed by atoms with van der Waals surface area (Å²) in [6, 6.07) is 3.82. The van der Waals surface area contributed by atoms with Crippen molar-refractivity contribution in [3.8, 4) is 0 Å². The van der Waals surface area contributed by atoms with Gasteiger partial charge < -0.3 is 5.32 Å². The van der Waals surface area contributed by atoms with Crippen molar-refractivity contribution in [1.82, 2.24) is 5.32 Å². The normalized spacial score (nSPS) is 12.7. The van der Waals surface area contributed by atoms with Gasteiger partial charge in [-0.05, 0) is 38.2 Å². The molecule has 0 aliphatic rings. The smallest absolute Gasteiger partial charge is 0.320 e. The van der Waals surface area contributed by atoms with Crippen molar-refractivity contribution in [3.63, 3.8) is 0 Å². The Morgan fingerprint density at radius 2 is 1.94 bits per heavy atom. The van der Waals surface area contributed by atoms with Crippen LogP contribution in [0, 0.1) is 0 Å². The number of sulfone groups is 1. The number of hydrogen-bond donors (Lipinski definition) is 1. The second kappa shape index (κ2) is 5.71. The van der Waals surface area contributed by atoms with Crippen molar-refractivity contribution in [2.24, 2.45) is 0 Å². The van der Waals surface area contributed by atoms with E-state index >= 15 is 0 Å². The molecule has 0 saturated heterocycles. The van der Waals surface area contributed by atoms with Gasteiger partial charge in [-0.3, -0.25) is 0 Å². The van der Waals surface area contributed by atoms with Gasteiger partial charge in [0.2, 0.25) is 0 Å². The molecule has 1 N–H and O–H groups in total. The average molecular weight is 281 g/mol. The minimum absolute atomic E-state index is 0.171. The Kier molecular flexibility index (Phi) is 4.75. The van der Waals surface area contributed by atoms with Crippen LogP contribution in [0.5, 0.6) is 0 Å². The fraction of sp³-hybridized carbons (Fsp3) is 0.455. The first kappa shape index (κ1) is 15.0. The molecule has 0 aliphatic carbocycles. The molecule has 1 aromatic rings. The Morgan fingerprint density at radius 3 is 2.50 bits per heavy atom. The lowest BCUT2D eigenvalue weighted by Gasteiger charge is -2.09. The van der Waals surface area contributed by atoms with Gasteiger partial charge in [0.25, 0.3) is 0 Å². The highest BCUT2D eigenvalue weighted by atomic mass is 32.2. The number of halogens is 3. The van der Waals surface area contributed by atoms with Crippen LogP contribution in [0.3, 0.4) is 0 Å². The maximum absolute atomic E-state index is 12.5. The van der Waals surface area contributed by atoms with Gasteiger partial charge in [0.05, 0.1) is 16.2 Å². The van der Waals surface area contributed by atoms with Gasteiger partial charge in [0.1, 0.15) is 0 Å². The van der Waals surface area contributed by atoms with Gasteiger partial charge in [-0.1, -0.05) is 6.07 Å². The third-order valence-corrected chi connectivity index (χ3v) is 4.16. The lowest BCUT2D eigenvalue weighted by Crippen LogP contribution is -2.15. The van der Waals surface area contributed by atoms with Crippen LogP contribution in [0.1, 0.15) is 12.0 Å². The summed E-state index contributed by atoms with van der Waals surface area (Å²) in [7, 11) is -1.98. The zero-order valence-electron chi connectivity index (χ0n) is 9.79. The molecule has 0 spiro atoms. The van der Waals surface area contributed by atoms with Gasteiger partial charge in [0, 0.05) is 0 Å². The molecule has 0 aromatic heterocycles. The van der Waals surface area contributed by atoms with Crippen molar-refractivity contribution in [2.45, 2.75) is 17.5 Å². The van der Waals surface area contributed by atoms with E-state index in [4.69, 9.17) is 0 Å². The van der Waals surface area contributed by atoms with E-state index in [1.807, 2.05) is 0 Å². The highest BCUT2D eigenvalue weighted by Gasteiger charge is 2.31. The lowest BCUT2D eigenvalue weighted by atomic mass is 10.2. The summed E-state index contributed by atoms with van der Waals surface area (Å²) in [6.07, 6.45) is -4.18. The average Bonchev–Trinajstić information content (AvgIpc) is 2.28. The molecular formula is C11H14F3NO2S. The molecule has 0 bridgehead atoms. The molecule has 1 rings (SSSR count). The lowest BCUT2D eigenvalue weighted by molar-refractivity contribution is -0.137. The van der Waals surface area contributed by atoms with Crippen molar-refractivity contribution in [2.75, 3.05) is 19.3 Å². The maximum Gasteiger partial charge on any atom is 0.416 e. The van der Waals surface area contributed by atoms with E-state index in [1.165, 1.54) is 6.07 Å². The van der Waals surface area contributed by atoms with Crippen LogP contribution in [0.25, 0.3) is 0 Å². The van der Waals surface area contributed by atoms with Gasteiger partial charge in [-0.2, -0.15) is 13.2 Å². The fourth-order valence-corrected chi connectivity index (χ4v) is 2.78. The molecule has 0 aliphatic heterocycles. The molecule has 0 radical (unpaired) electrons. The summed E-state index contributed by atoms with van der Waals surface area (Å²) in [5.74, 6) is -0.171. The topological polar surface area (TPSA) is 46.2 Å². The molecule has 1 aromatic carbocycles. The highest BCUT2D eigenvalue weighted by molar-refractivity contribution is 7.91. The molecule has 0 unspecified atom stereocenters. The number of nitrogens with one attached hydrogen (secondary N) is 1. The predicted octanol–water partition coefficient (Wildman–Crippen LogP) is 2.09. The van der Waals surface area contributed by atoms with E-state index in [0.717, 1.165) is 12.1 Å². The third-order valence-electron chi connectivity index (χ3n) is 2.36. The van der Waals surface area contributed by atoms with Crippen LogP contribution in [-0.2, 0) is 16.0 Å². The molecule has 0 saturated carbocycles. The predicted molar refractivity (Wildman–Crippen MR) is 62.0 cm³/mol. The summed E-state index contributed by atoms with van der Waals surface area (Å²) in [5.41, 5.74) is -0.947. The Hall–Kier alpha value is -1.08. The summed E-state index contributed by atoms with van der Waals surface area (Å²) in [5, 5.41) is 2.78. The molecule has 0 atom stereocenters. The van der Waals surface area contributed by atoms with Gasteiger partial charge in [-0.15, -0.1) is 0 Å². The zero-order chi connectivity index (χ0) is 13.8. The Bertz CT molecular complexity index is 497. The molecule has 7 heteroatoms. The van der Waals surface area contributed by atoms with Crippen LogP contribution < -0.4 is 5.32 Å². The Morgan fingerprint density at radius 1 is 1.28 bits per heavy atom. The summed E-state index contributed by atoms with van der Waals surface area (Å²) in [4.78, 5) is -0.284. The molecule has 0 amide bonds. The number of rotatable bonds is 5. The molecular weight excluding hydrogens is 267 g/mol. The molecule has 0 fully saturated rings. The summed E-state index contributed by atoms with van der Waals surface area (Å²) in [6.45, 7) is 0.498. The van der Waals surface area contributed by atoms with E-state index < -0.39 is 21.6 Å². The zero-order valence-corrected chi connectivity index (χ0v) is 10.6. The van der Waals surface area contributed by atoms with E-state index in [2.05, 4.69) is 5.32 Å². The number of hydrogen-bond acceptors (Lipinski definition) is 3. The van der Waals surface area contributed by atoms with Crippen molar-refractivity contribution >= 4 is 9.84 Å². The Labute approximate surface area is 104 Å². The van der Waals surface area contributed by atoms with Crippen LogP contribution in [-0.4, -0.2) is 27.8 Å². The van der Waals surface area contributed by atoms with Gasteiger partial charge in [0.15, 0.2) is 9.84 Å². The van der Waals surface area contributed by atoms with Gasteiger partial charge in [-0.25, -0.2) is 8.42 Å². The first-order chi connectivity index (χ1) is 8.27. The van der Waals surface area contributed by atoms with E-state index in [-0.39, 0.29) is 10.6 Å². The number of benzene rings is 1. The summed E-state index contributed by atoms with van der Waals surface area (Å²) >= 11 is 0. The minimum Gasteiger partial charge on any atom is -0.320 e. The largest absolute Gasteiger partial charge is 0.416 e. The first-order valence-corrected chi connectivity index (χ1v) is 6.97. The molecule has 18 heavy (non-hydrogen) atoms. The van der Waals surface area contributed by atoms with Crippen LogP contribution in [0.2, 0.25) is 0 Å². The summed E-state index contributed by atoms with van der Waals surface area (Å²) < 4.78 is 61.0. The quantitative estimate of drug-likeness (QED) is 0.841. The monoisotopic (exact) mass is 281 g/mol.